The Morgan fingerprint density at radius 3 is 2.83 bits per heavy atom. The molecule has 0 aliphatic carbocycles. The van der Waals surface area contributed by atoms with Gasteiger partial charge in [0, 0.05) is 10.0 Å². The zero-order valence-electron chi connectivity index (χ0n) is 9.45. The highest BCUT2D eigenvalue weighted by Crippen LogP contribution is 2.18. The summed E-state index contributed by atoms with van der Waals surface area (Å²) >= 11 is 9.07. The summed E-state index contributed by atoms with van der Waals surface area (Å²) in [6.45, 7) is 1.95. The summed E-state index contributed by atoms with van der Waals surface area (Å²) < 4.78 is 0.882. The Bertz CT molecular complexity index is 604. The zero-order chi connectivity index (χ0) is 13.1. The normalized spacial score (nSPS) is 10.2. The third kappa shape index (κ3) is 3.05. The number of benzene rings is 1. The molecule has 0 saturated heterocycles. The minimum absolute atomic E-state index is 0.234. The Balaban J connectivity index is 2.19. The molecule has 2 rings (SSSR count). The lowest BCUT2D eigenvalue weighted by Crippen LogP contribution is -2.13. The summed E-state index contributed by atoms with van der Waals surface area (Å²) in [7, 11) is 0. The Kier molecular flexibility index (Phi) is 3.93. The first kappa shape index (κ1) is 13.0. The molecule has 4 nitrogen and oxygen atoms in total. The van der Waals surface area contributed by atoms with Gasteiger partial charge in [0.05, 0.1) is 12.4 Å². The number of rotatable bonds is 2. The van der Waals surface area contributed by atoms with Crippen molar-refractivity contribution >= 4 is 39.3 Å². The molecule has 0 aliphatic heterocycles. The predicted octanol–water partition coefficient (Wildman–Crippen LogP) is 3.45. The van der Waals surface area contributed by atoms with Crippen LogP contribution in [0.25, 0.3) is 0 Å². The minimum atomic E-state index is -0.257. The average Bonchev–Trinajstić information content (AvgIpc) is 2.32. The number of aromatic nitrogens is 2. The van der Waals surface area contributed by atoms with Crippen LogP contribution in [0.1, 0.15) is 15.9 Å². The van der Waals surface area contributed by atoms with Gasteiger partial charge < -0.3 is 5.32 Å². The van der Waals surface area contributed by atoms with Crippen molar-refractivity contribution in [1.82, 2.24) is 9.97 Å². The predicted molar refractivity (Wildman–Crippen MR) is 73.9 cm³/mol. The van der Waals surface area contributed by atoms with Crippen LogP contribution in [0.4, 0.5) is 5.82 Å². The van der Waals surface area contributed by atoms with E-state index in [9.17, 15) is 4.79 Å². The third-order valence-electron chi connectivity index (χ3n) is 2.28. The molecular formula is C12H9BrClN3O. The van der Waals surface area contributed by atoms with Crippen LogP contribution >= 0.6 is 27.5 Å². The summed E-state index contributed by atoms with van der Waals surface area (Å²) in [6, 6.07) is 5.36. The standard InChI is InChI=1S/C12H9BrClN3O/c1-7-2-3-8(4-9(7)13)12(18)17-11-6-15-5-10(14)16-11/h2-6H,1H3,(H,16,17,18). The quantitative estimate of drug-likeness (QED) is 0.919. The van der Waals surface area contributed by atoms with E-state index in [1.54, 1.807) is 12.1 Å². The van der Waals surface area contributed by atoms with Crippen LogP contribution in [-0.2, 0) is 0 Å². The van der Waals surface area contributed by atoms with Gasteiger partial charge in [0.1, 0.15) is 5.15 Å². The molecule has 0 bridgehead atoms. The van der Waals surface area contributed by atoms with E-state index in [1.807, 2.05) is 13.0 Å². The van der Waals surface area contributed by atoms with Crippen molar-refractivity contribution in [3.63, 3.8) is 0 Å². The van der Waals surface area contributed by atoms with Gasteiger partial charge in [-0.3, -0.25) is 9.78 Å². The SMILES string of the molecule is Cc1ccc(C(=O)Nc2cncc(Cl)n2)cc1Br. The maximum Gasteiger partial charge on any atom is 0.256 e. The monoisotopic (exact) mass is 325 g/mol. The van der Waals surface area contributed by atoms with Gasteiger partial charge in [0.25, 0.3) is 5.91 Å². The van der Waals surface area contributed by atoms with Crippen molar-refractivity contribution < 1.29 is 4.79 Å². The molecule has 0 spiro atoms. The van der Waals surface area contributed by atoms with Crippen LogP contribution in [0.2, 0.25) is 5.15 Å². The molecule has 1 aromatic carbocycles. The van der Waals surface area contributed by atoms with Crippen molar-refractivity contribution in [2.75, 3.05) is 5.32 Å². The molecule has 18 heavy (non-hydrogen) atoms. The number of hydrogen-bond acceptors (Lipinski definition) is 3. The molecule has 6 heteroatoms. The first-order valence-corrected chi connectivity index (χ1v) is 6.28. The molecule has 92 valence electrons. The van der Waals surface area contributed by atoms with Gasteiger partial charge in [-0.1, -0.05) is 33.6 Å². The minimum Gasteiger partial charge on any atom is -0.305 e. The first-order valence-electron chi connectivity index (χ1n) is 5.11. The molecule has 0 unspecified atom stereocenters. The van der Waals surface area contributed by atoms with E-state index in [2.05, 4.69) is 31.2 Å². The number of nitrogens with one attached hydrogen (secondary N) is 1. The first-order chi connectivity index (χ1) is 8.56. The van der Waals surface area contributed by atoms with Crippen LogP contribution in [0.5, 0.6) is 0 Å². The topological polar surface area (TPSA) is 54.9 Å². The second kappa shape index (κ2) is 5.46. The van der Waals surface area contributed by atoms with Crippen LogP contribution in [0.3, 0.4) is 0 Å². The van der Waals surface area contributed by atoms with Crippen molar-refractivity contribution in [2.45, 2.75) is 6.92 Å². The highest BCUT2D eigenvalue weighted by molar-refractivity contribution is 9.10. The number of carbonyl (C=O) groups excluding carboxylic acids is 1. The van der Waals surface area contributed by atoms with Gasteiger partial charge in [0.15, 0.2) is 5.82 Å². The highest BCUT2D eigenvalue weighted by atomic mass is 79.9. The van der Waals surface area contributed by atoms with Crippen LogP contribution in [-0.4, -0.2) is 15.9 Å². The fraction of sp³-hybridized carbons (Fsp3) is 0.0833. The van der Waals surface area contributed by atoms with E-state index in [0.717, 1.165) is 10.0 Å². The number of aryl methyl sites for hydroxylation is 1. The van der Waals surface area contributed by atoms with Gasteiger partial charge in [-0.25, -0.2) is 4.98 Å². The third-order valence-corrected chi connectivity index (χ3v) is 3.32. The fourth-order valence-electron chi connectivity index (χ4n) is 1.32. The zero-order valence-corrected chi connectivity index (χ0v) is 11.8. The van der Waals surface area contributed by atoms with Crippen LogP contribution < -0.4 is 5.32 Å². The van der Waals surface area contributed by atoms with Gasteiger partial charge in [0.2, 0.25) is 0 Å². The molecular weight excluding hydrogens is 318 g/mol. The van der Waals surface area contributed by atoms with Gasteiger partial charge in [-0.05, 0) is 24.6 Å². The highest BCUT2D eigenvalue weighted by Gasteiger charge is 2.08. The van der Waals surface area contributed by atoms with E-state index in [4.69, 9.17) is 11.6 Å². The van der Waals surface area contributed by atoms with Crippen molar-refractivity contribution in [2.24, 2.45) is 0 Å². The number of carbonyl (C=O) groups is 1. The number of hydrogen-bond donors (Lipinski definition) is 1. The lowest BCUT2D eigenvalue weighted by atomic mass is 10.1. The molecule has 0 radical (unpaired) electrons. The lowest BCUT2D eigenvalue weighted by Gasteiger charge is -2.05. The number of halogens is 2. The molecule has 0 fully saturated rings. The van der Waals surface area contributed by atoms with Crippen LogP contribution in [0.15, 0.2) is 35.1 Å². The van der Waals surface area contributed by atoms with E-state index >= 15 is 0 Å². The van der Waals surface area contributed by atoms with E-state index in [-0.39, 0.29) is 11.1 Å². The van der Waals surface area contributed by atoms with E-state index in [1.165, 1.54) is 12.4 Å². The number of amides is 1. The Hall–Kier alpha value is -1.46. The maximum absolute atomic E-state index is 11.9. The summed E-state index contributed by atoms with van der Waals surface area (Å²) in [5.41, 5.74) is 1.60. The molecule has 1 heterocycles. The largest absolute Gasteiger partial charge is 0.305 e. The van der Waals surface area contributed by atoms with Crippen molar-refractivity contribution in [3.8, 4) is 0 Å². The fourth-order valence-corrected chi connectivity index (χ4v) is 1.85. The Morgan fingerprint density at radius 1 is 1.39 bits per heavy atom. The second-order valence-corrected chi connectivity index (χ2v) is 4.89. The maximum atomic E-state index is 11.9. The molecule has 1 N–H and O–H groups in total. The summed E-state index contributed by atoms with van der Waals surface area (Å²) in [6.07, 6.45) is 2.84. The Labute approximate surface area is 118 Å². The van der Waals surface area contributed by atoms with E-state index in [0.29, 0.717) is 11.4 Å². The van der Waals surface area contributed by atoms with Gasteiger partial charge >= 0.3 is 0 Å². The Morgan fingerprint density at radius 2 is 2.17 bits per heavy atom. The molecule has 0 saturated carbocycles. The number of anilines is 1. The molecule has 0 atom stereocenters. The average molecular weight is 327 g/mol. The van der Waals surface area contributed by atoms with E-state index < -0.39 is 0 Å². The lowest BCUT2D eigenvalue weighted by molar-refractivity contribution is 0.102. The molecule has 1 aromatic heterocycles. The van der Waals surface area contributed by atoms with Gasteiger partial charge in [-0.2, -0.15) is 0 Å². The summed E-state index contributed by atoms with van der Waals surface area (Å²) in [5, 5.41) is 2.86. The van der Waals surface area contributed by atoms with Crippen molar-refractivity contribution in [3.05, 3.63) is 51.3 Å². The molecule has 1 amide bonds. The van der Waals surface area contributed by atoms with Crippen LogP contribution in [0, 0.1) is 6.92 Å². The second-order valence-electron chi connectivity index (χ2n) is 3.65. The summed E-state index contributed by atoms with van der Waals surface area (Å²) in [5.74, 6) is 0.0662. The summed E-state index contributed by atoms with van der Waals surface area (Å²) in [4.78, 5) is 19.7. The molecule has 0 aliphatic rings. The van der Waals surface area contributed by atoms with Crippen molar-refractivity contribution in [1.29, 1.82) is 0 Å². The molecule has 2 aromatic rings. The number of nitrogens with zero attached hydrogens (tertiary/aromatic N) is 2. The smallest absolute Gasteiger partial charge is 0.256 e. The van der Waals surface area contributed by atoms with Gasteiger partial charge in [-0.15, -0.1) is 0 Å².